The zero-order valence-corrected chi connectivity index (χ0v) is 24.3. The summed E-state index contributed by atoms with van der Waals surface area (Å²) < 4.78 is 17.3. The van der Waals surface area contributed by atoms with E-state index in [1.165, 1.54) is 0 Å². The smallest absolute Gasteiger partial charge is 0.341 e. The summed E-state index contributed by atoms with van der Waals surface area (Å²) in [6.07, 6.45) is 0.726. The highest BCUT2D eigenvalue weighted by Gasteiger charge is 2.21. The number of hydrogen-bond acceptors (Lipinski definition) is 7. The maximum Gasteiger partial charge on any atom is 0.341 e. The average molecular weight is 586 g/mol. The Bertz CT molecular complexity index is 1480. The predicted octanol–water partition coefficient (Wildman–Crippen LogP) is 5.99. The van der Waals surface area contributed by atoms with Gasteiger partial charge in [-0.25, -0.2) is 4.79 Å². The average Bonchev–Trinajstić information content (AvgIpc) is 2.97. The van der Waals surface area contributed by atoms with Gasteiger partial charge in [0.05, 0.1) is 24.8 Å². The molecule has 3 aromatic carbocycles. The molecule has 2 heterocycles. The second-order valence-electron chi connectivity index (χ2n) is 9.42. The van der Waals surface area contributed by atoms with E-state index in [0.717, 1.165) is 56.1 Å². The van der Waals surface area contributed by atoms with Crippen molar-refractivity contribution >= 4 is 47.4 Å². The first-order valence-corrected chi connectivity index (χ1v) is 13.0. The highest BCUT2D eigenvalue weighted by atomic mass is 35.5. The van der Waals surface area contributed by atoms with Crippen molar-refractivity contribution in [3.8, 4) is 17.1 Å². The monoisotopic (exact) mass is 584 g/mol. The van der Waals surface area contributed by atoms with Crippen LogP contribution in [-0.2, 0) is 4.74 Å². The standard InChI is InChI=1S/C31H32N2O5.2ClH/c1-22-28(34)24-12-8-13-25(30(24)38-29(22)23-10-4-3-5-11-23)31(35)37-21-9-16-32-17-19-33(20-18-32)26-14-6-7-15-27(26)36-2;;/h3-8,10-15H,9,16-21H2,1-2H3;2*1H. The first kappa shape index (κ1) is 31.0. The van der Waals surface area contributed by atoms with E-state index >= 15 is 0 Å². The molecule has 0 bridgehead atoms. The summed E-state index contributed by atoms with van der Waals surface area (Å²) in [5, 5.41) is 0.379. The van der Waals surface area contributed by atoms with Crippen LogP contribution in [0.2, 0.25) is 0 Å². The molecule has 0 unspecified atom stereocenters. The minimum absolute atomic E-state index is 0. The van der Waals surface area contributed by atoms with Gasteiger partial charge in [-0.15, -0.1) is 24.8 Å². The third-order valence-electron chi connectivity index (χ3n) is 7.05. The lowest BCUT2D eigenvalue weighted by molar-refractivity contribution is 0.0488. The van der Waals surface area contributed by atoms with Gasteiger partial charge < -0.3 is 18.8 Å². The van der Waals surface area contributed by atoms with Crippen molar-refractivity contribution in [2.75, 3.05) is 51.3 Å². The molecule has 4 aromatic rings. The summed E-state index contributed by atoms with van der Waals surface area (Å²) in [6, 6.07) is 22.6. The van der Waals surface area contributed by atoms with Gasteiger partial charge in [0.2, 0.25) is 0 Å². The Hall–Kier alpha value is -3.52. The number of carbonyl (C=O) groups excluding carboxylic acids is 1. The van der Waals surface area contributed by atoms with Crippen LogP contribution in [0.5, 0.6) is 5.75 Å². The Labute approximate surface area is 246 Å². The number of esters is 1. The SMILES string of the molecule is COc1ccccc1N1CCN(CCCOC(=O)c2cccc3c(=O)c(C)c(-c4ccccc4)oc23)CC1.Cl.Cl. The Morgan fingerprint density at radius 2 is 1.60 bits per heavy atom. The molecule has 40 heavy (non-hydrogen) atoms. The Balaban J connectivity index is 0.00000220. The molecule has 1 fully saturated rings. The quantitative estimate of drug-likeness (QED) is 0.186. The zero-order valence-electron chi connectivity index (χ0n) is 22.6. The fourth-order valence-electron chi connectivity index (χ4n) is 4.97. The van der Waals surface area contributed by atoms with Gasteiger partial charge in [-0.3, -0.25) is 9.69 Å². The summed E-state index contributed by atoms with van der Waals surface area (Å²) in [5.41, 5.74) is 2.81. The van der Waals surface area contributed by atoms with E-state index in [9.17, 15) is 9.59 Å². The van der Waals surface area contributed by atoms with Crippen LogP contribution in [0.3, 0.4) is 0 Å². The number of halogens is 2. The number of nitrogens with zero attached hydrogens (tertiary/aromatic N) is 2. The van der Waals surface area contributed by atoms with E-state index in [4.69, 9.17) is 13.9 Å². The number of piperazine rings is 1. The Kier molecular flexibility index (Phi) is 11.0. The molecule has 1 aliphatic rings. The minimum atomic E-state index is -0.484. The van der Waals surface area contributed by atoms with Gasteiger partial charge in [0.1, 0.15) is 17.1 Å². The van der Waals surface area contributed by atoms with Crippen molar-refractivity contribution in [3.63, 3.8) is 0 Å². The fraction of sp³-hybridized carbons (Fsp3) is 0.290. The summed E-state index contributed by atoms with van der Waals surface area (Å²) in [4.78, 5) is 30.8. The molecule has 1 aliphatic heterocycles. The Morgan fingerprint density at radius 1 is 0.900 bits per heavy atom. The van der Waals surface area contributed by atoms with Gasteiger partial charge >= 0.3 is 5.97 Å². The Morgan fingerprint density at radius 3 is 2.33 bits per heavy atom. The number of anilines is 1. The molecule has 0 saturated carbocycles. The van der Waals surface area contributed by atoms with Crippen molar-refractivity contribution in [1.82, 2.24) is 4.90 Å². The van der Waals surface area contributed by atoms with Crippen molar-refractivity contribution < 1.29 is 18.7 Å². The van der Waals surface area contributed by atoms with Gasteiger partial charge in [-0.05, 0) is 37.6 Å². The summed E-state index contributed by atoms with van der Waals surface area (Å²) in [6.45, 7) is 6.58. The van der Waals surface area contributed by atoms with Crippen LogP contribution < -0.4 is 15.1 Å². The largest absolute Gasteiger partial charge is 0.495 e. The first-order valence-electron chi connectivity index (χ1n) is 13.0. The molecular formula is C31H34Cl2N2O5. The molecule has 212 valence electrons. The normalized spacial score (nSPS) is 13.3. The van der Waals surface area contributed by atoms with E-state index in [1.54, 1.807) is 32.2 Å². The van der Waals surface area contributed by atoms with Crippen molar-refractivity contribution in [1.29, 1.82) is 0 Å². The number of fused-ring (bicyclic) bond motifs is 1. The molecule has 9 heteroatoms. The molecule has 1 saturated heterocycles. The maximum absolute atomic E-state index is 13.1. The number of ether oxygens (including phenoxy) is 2. The van der Waals surface area contributed by atoms with Gasteiger partial charge in [0.25, 0.3) is 0 Å². The number of para-hydroxylation sites is 3. The van der Waals surface area contributed by atoms with Crippen LogP contribution in [0.4, 0.5) is 5.69 Å². The van der Waals surface area contributed by atoms with E-state index in [-0.39, 0.29) is 41.4 Å². The highest BCUT2D eigenvalue weighted by molar-refractivity contribution is 6.02. The van der Waals surface area contributed by atoms with Gasteiger partial charge in [-0.1, -0.05) is 48.5 Å². The molecular weight excluding hydrogens is 551 g/mol. The van der Waals surface area contributed by atoms with Crippen LogP contribution in [0.15, 0.2) is 82.0 Å². The van der Waals surface area contributed by atoms with Crippen molar-refractivity contribution in [3.05, 3.63) is 94.1 Å². The lowest BCUT2D eigenvalue weighted by Crippen LogP contribution is -2.46. The number of hydrogen-bond donors (Lipinski definition) is 0. The molecule has 0 atom stereocenters. The van der Waals surface area contributed by atoms with Crippen molar-refractivity contribution in [2.24, 2.45) is 0 Å². The van der Waals surface area contributed by atoms with Crippen LogP contribution in [-0.4, -0.2) is 57.3 Å². The van der Waals surface area contributed by atoms with Gasteiger partial charge in [0.15, 0.2) is 11.0 Å². The summed E-state index contributed by atoms with van der Waals surface area (Å²) in [5.74, 6) is 0.876. The molecule has 1 aromatic heterocycles. The predicted molar refractivity (Wildman–Crippen MR) is 164 cm³/mol. The molecule has 0 radical (unpaired) electrons. The van der Waals surface area contributed by atoms with Crippen LogP contribution in [0.1, 0.15) is 22.3 Å². The zero-order chi connectivity index (χ0) is 26.5. The van der Waals surface area contributed by atoms with E-state index in [0.29, 0.717) is 23.3 Å². The second-order valence-corrected chi connectivity index (χ2v) is 9.42. The topological polar surface area (TPSA) is 72.2 Å². The third kappa shape index (κ3) is 6.61. The first-order chi connectivity index (χ1) is 18.6. The summed E-state index contributed by atoms with van der Waals surface area (Å²) >= 11 is 0. The van der Waals surface area contributed by atoms with Crippen LogP contribution >= 0.6 is 24.8 Å². The van der Waals surface area contributed by atoms with E-state index in [2.05, 4.69) is 15.9 Å². The van der Waals surface area contributed by atoms with Gasteiger partial charge in [0, 0.05) is 43.9 Å². The maximum atomic E-state index is 13.1. The van der Waals surface area contributed by atoms with E-state index < -0.39 is 5.97 Å². The molecule has 0 aliphatic carbocycles. The number of methoxy groups -OCH3 is 1. The summed E-state index contributed by atoms with van der Waals surface area (Å²) in [7, 11) is 1.70. The third-order valence-corrected chi connectivity index (χ3v) is 7.05. The number of rotatable bonds is 8. The lowest BCUT2D eigenvalue weighted by Gasteiger charge is -2.36. The molecule has 0 amide bonds. The fourth-order valence-corrected chi connectivity index (χ4v) is 4.97. The van der Waals surface area contributed by atoms with Crippen molar-refractivity contribution in [2.45, 2.75) is 13.3 Å². The number of benzene rings is 3. The molecule has 5 rings (SSSR count). The molecule has 0 N–H and O–H groups in total. The second kappa shape index (κ2) is 14.2. The highest BCUT2D eigenvalue weighted by Crippen LogP contribution is 2.29. The number of carbonyl (C=O) groups is 1. The van der Waals surface area contributed by atoms with Crippen LogP contribution in [0.25, 0.3) is 22.3 Å². The molecule has 0 spiro atoms. The van der Waals surface area contributed by atoms with Gasteiger partial charge in [-0.2, -0.15) is 0 Å². The minimum Gasteiger partial charge on any atom is -0.495 e. The van der Waals surface area contributed by atoms with E-state index in [1.807, 2.05) is 48.5 Å². The lowest BCUT2D eigenvalue weighted by atomic mass is 10.0. The van der Waals surface area contributed by atoms with Crippen LogP contribution in [0, 0.1) is 6.92 Å². The molecule has 7 nitrogen and oxygen atoms in total.